The molecule has 3 saturated carbocycles. The van der Waals surface area contributed by atoms with Crippen molar-refractivity contribution in [2.45, 2.75) is 108 Å². The van der Waals surface area contributed by atoms with E-state index in [-0.39, 0.29) is 0 Å². The van der Waals surface area contributed by atoms with Gasteiger partial charge in [0.15, 0.2) is 5.65 Å². The predicted octanol–water partition coefficient (Wildman–Crippen LogP) is 9.16. The molecule has 268 valence electrons. The molecule has 50 heavy (non-hydrogen) atoms. The van der Waals surface area contributed by atoms with Crippen molar-refractivity contribution in [3.8, 4) is 22.4 Å². The minimum atomic E-state index is -1.28. The number of anilines is 1. The van der Waals surface area contributed by atoms with E-state index >= 15 is 0 Å². The van der Waals surface area contributed by atoms with Crippen LogP contribution < -0.4 is 4.90 Å². The zero-order valence-corrected chi connectivity index (χ0v) is 33.1. The van der Waals surface area contributed by atoms with Gasteiger partial charge in [0, 0.05) is 63.7 Å². The molecule has 3 fully saturated rings. The van der Waals surface area contributed by atoms with Crippen molar-refractivity contribution in [1.82, 2.24) is 19.6 Å². The molecule has 3 heterocycles. The number of hydrogen-bond acceptors (Lipinski definition) is 7. The van der Waals surface area contributed by atoms with Crippen LogP contribution in [0, 0.1) is 11.8 Å². The summed E-state index contributed by atoms with van der Waals surface area (Å²) in [5.74, 6) is 2.68. The van der Waals surface area contributed by atoms with Crippen LogP contribution in [0.3, 0.4) is 0 Å². The minimum absolute atomic E-state index is 0.313. The molecule has 4 aromatic rings. The molecule has 0 aliphatic heterocycles. The maximum absolute atomic E-state index is 12.2. The van der Waals surface area contributed by atoms with Crippen LogP contribution in [0.15, 0.2) is 54.9 Å². The van der Waals surface area contributed by atoms with E-state index in [1.807, 2.05) is 35.1 Å². The first-order valence-corrected chi connectivity index (χ1v) is 26.4. The summed E-state index contributed by atoms with van der Waals surface area (Å²) in [6.07, 6.45) is 11.6. The highest BCUT2D eigenvalue weighted by atomic mass is 28.3. The monoisotopic (exact) mass is 711 g/mol. The summed E-state index contributed by atoms with van der Waals surface area (Å²) >= 11 is 0. The maximum Gasteiger partial charge on any atom is 0.165 e. The number of rotatable bonds is 15. The number of fused-ring (bicyclic) bond motifs is 3. The fourth-order valence-electron chi connectivity index (χ4n) is 7.93. The van der Waals surface area contributed by atoms with Crippen molar-refractivity contribution >= 4 is 27.6 Å². The molecule has 0 saturated heterocycles. The molecule has 1 aromatic carbocycles. The van der Waals surface area contributed by atoms with E-state index in [1.54, 1.807) is 0 Å². The van der Waals surface area contributed by atoms with Crippen LogP contribution in [0.5, 0.6) is 0 Å². The number of hydrogen-bond donors (Lipinski definition) is 1. The van der Waals surface area contributed by atoms with E-state index in [0.29, 0.717) is 32.6 Å². The highest BCUT2D eigenvalue weighted by Crippen LogP contribution is 2.55. The Kier molecular flexibility index (Phi) is 10.1. The van der Waals surface area contributed by atoms with Gasteiger partial charge in [-0.1, -0.05) is 88.5 Å². The second-order valence-electron chi connectivity index (χ2n) is 17.8. The van der Waals surface area contributed by atoms with Gasteiger partial charge in [-0.25, -0.2) is 4.98 Å². The molecule has 0 amide bonds. The van der Waals surface area contributed by atoms with Gasteiger partial charge in [-0.05, 0) is 62.1 Å². The van der Waals surface area contributed by atoms with Crippen molar-refractivity contribution < 1.29 is 14.6 Å². The average Bonchev–Trinajstić information content (AvgIpc) is 3.53. The van der Waals surface area contributed by atoms with Gasteiger partial charge in [0.1, 0.15) is 19.3 Å². The molecular formula is C40H57N5O3Si2. The van der Waals surface area contributed by atoms with Gasteiger partial charge in [0.2, 0.25) is 0 Å². The van der Waals surface area contributed by atoms with Crippen LogP contribution in [0.1, 0.15) is 62.1 Å². The summed E-state index contributed by atoms with van der Waals surface area (Å²) in [5.41, 5.74) is 5.87. The van der Waals surface area contributed by atoms with E-state index in [4.69, 9.17) is 24.5 Å². The molecule has 0 spiro atoms. The highest BCUT2D eigenvalue weighted by Gasteiger charge is 2.50. The zero-order chi connectivity index (χ0) is 35.1. The molecule has 3 atom stereocenters. The lowest BCUT2D eigenvalue weighted by Gasteiger charge is -2.34. The summed E-state index contributed by atoms with van der Waals surface area (Å²) < 4.78 is 14.9. The highest BCUT2D eigenvalue weighted by molar-refractivity contribution is 6.76. The van der Waals surface area contributed by atoms with Crippen molar-refractivity contribution in [1.29, 1.82) is 0 Å². The molecule has 7 rings (SSSR count). The Morgan fingerprint density at radius 3 is 2.02 bits per heavy atom. The van der Waals surface area contributed by atoms with E-state index in [9.17, 15) is 5.11 Å². The number of benzene rings is 1. The first-order chi connectivity index (χ1) is 23.9. The topological polar surface area (TPSA) is 85.0 Å². The van der Waals surface area contributed by atoms with Crippen molar-refractivity contribution in [3.63, 3.8) is 0 Å². The van der Waals surface area contributed by atoms with Crippen LogP contribution in [0.2, 0.25) is 51.4 Å². The van der Waals surface area contributed by atoms with Gasteiger partial charge < -0.3 is 19.5 Å². The van der Waals surface area contributed by atoms with E-state index in [2.05, 4.69) is 68.4 Å². The molecule has 1 unspecified atom stereocenters. The summed E-state index contributed by atoms with van der Waals surface area (Å²) in [4.78, 5) is 12.6. The largest absolute Gasteiger partial charge is 0.385 e. The Bertz CT molecular complexity index is 1730. The molecule has 2 bridgehead atoms. The first kappa shape index (κ1) is 35.5. The fourth-order valence-corrected chi connectivity index (χ4v) is 9.44. The number of aliphatic hydroxyl groups is 1. The smallest absolute Gasteiger partial charge is 0.165 e. The quantitative estimate of drug-likeness (QED) is 0.0748. The van der Waals surface area contributed by atoms with Crippen LogP contribution in [0.4, 0.5) is 5.82 Å². The second-order valence-corrected chi connectivity index (χ2v) is 29.0. The Morgan fingerprint density at radius 2 is 1.46 bits per heavy atom. The summed E-state index contributed by atoms with van der Waals surface area (Å²) in [6.45, 7) is 16.5. The fraction of sp³-hybridized carbons (Fsp3) is 0.575. The van der Waals surface area contributed by atoms with Crippen LogP contribution in [0.25, 0.3) is 28.0 Å². The van der Waals surface area contributed by atoms with Gasteiger partial charge >= 0.3 is 0 Å². The SMILES string of the molecule is C[Si](C)(C)CCOCN(COCC[Si](C)(C)C)c1c(C2(O)CC2)c(C2C[C@H]3CC[C@@H](C2)C3)nc2c(-c3ccc(-c4ccccc4)nc3)cnn12. The van der Waals surface area contributed by atoms with E-state index < -0.39 is 21.7 Å². The lowest BCUT2D eigenvalue weighted by Crippen LogP contribution is -2.36. The molecule has 0 radical (unpaired) electrons. The first-order valence-electron chi connectivity index (χ1n) is 18.9. The number of ether oxygens (including phenoxy) is 2. The van der Waals surface area contributed by atoms with Crippen LogP contribution in [-0.2, 0) is 15.1 Å². The van der Waals surface area contributed by atoms with Gasteiger partial charge in [0.05, 0.1) is 23.2 Å². The molecule has 3 aliphatic carbocycles. The normalized spacial score (nSPS) is 21.5. The average molecular weight is 712 g/mol. The van der Waals surface area contributed by atoms with Crippen LogP contribution >= 0.6 is 0 Å². The Morgan fingerprint density at radius 1 is 0.820 bits per heavy atom. The van der Waals surface area contributed by atoms with Gasteiger partial charge in [-0.2, -0.15) is 9.61 Å². The number of pyridine rings is 1. The third kappa shape index (κ3) is 8.10. The summed E-state index contributed by atoms with van der Waals surface area (Å²) in [5, 5.41) is 17.2. The second kappa shape index (κ2) is 14.3. The number of nitrogens with zero attached hydrogens (tertiary/aromatic N) is 5. The Hall–Kier alpha value is -2.90. The van der Waals surface area contributed by atoms with Crippen LogP contribution in [-0.4, -0.2) is 67.5 Å². The van der Waals surface area contributed by atoms with Crippen molar-refractivity contribution in [3.05, 3.63) is 66.1 Å². The van der Waals surface area contributed by atoms with Gasteiger partial charge in [0.25, 0.3) is 0 Å². The number of aromatic nitrogens is 4. The van der Waals surface area contributed by atoms with Crippen molar-refractivity contribution in [2.24, 2.45) is 11.8 Å². The summed E-state index contributed by atoms with van der Waals surface area (Å²) in [6, 6.07) is 16.7. The third-order valence-corrected chi connectivity index (χ3v) is 14.5. The summed E-state index contributed by atoms with van der Waals surface area (Å²) in [7, 11) is -2.56. The third-order valence-electron chi connectivity index (χ3n) is 11.0. The Labute approximate surface area is 300 Å². The molecule has 1 N–H and O–H groups in total. The Balaban J connectivity index is 1.33. The standard InChI is InChI=1S/C40H57N5O3Si2/c1-49(2,3)20-18-47-27-44(28-48-19-21-50(4,5)6)39-36(40(46)16-17-40)37(33-23-29-12-13-30(22-29)24-33)43-38-34(26-42-45(38)39)32-14-15-35(41-25-32)31-10-8-7-9-11-31/h7-11,14-15,25-26,29-30,33,46H,12-13,16-24,27-28H2,1-6H3/t29-,30+,33?. The van der Waals surface area contributed by atoms with E-state index in [1.165, 1.54) is 19.3 Å². The van der Waals surface area contributed by atoms with E-state index in [0.717, 1.165) is 94.7 Å². The molecule has 3 aliphatic rings. The van der Waals surface area contributed by atoms with Gasteiger partial charge in [-0.15, -0.1) is 0 Å². The molecule has 10 heteroatoms. The van der Waals surface area contributed by atoms with Gasteiger partial charge in [-0.3, -0.25) is 4.98 Å². The van der Waals surface area contributed by atoms with Crippen molar-refractivity contribution in [2.75, 3.05) is 31.6 Å². The zero-order valence-electron chi connectivity index (χ0n) is 31.1. The lowest BCUT2D eigenvalue weighted by atomic mass is 9.77. The molecule has 3 aromatic heterocycles. The maximum atomic E-state index is 12.2. The molecule has 8 nitrogen and oxygen atoms in total. The lowest BCUT2D eigenvalue weighted by molar-refractivity contribution is 0.0923. The predicted molar refractivity (Wildman–Crippen MR) is 208 cm³/mol. The minimum Gasteiger partial charge on any atom is -0.385 e. The molecular weight excluding hydrogens is 655 g/mol.